The molecule has 0 aromatic carbocycles. The number of hydrogen-bond donors (Lipinski definition) is 0. The van der Waals surface area contributed by atoms with Gasteiger partial charge in [0.2, 0.25) is 0 Å². The predicted octanol–water partition coefficient (Wildman–Crippen LogP) is 0.163. The molecule has 0 spiro atoms. The van der Waals surface area contributed by atoms with Crippen molar-refractivity contribution in [3.05, 3.63) is 18.9 Å². The van der Waals surface area contributed by atoms with Gasteiger partial charge >= 0.3 is 0 Å². The van der Waals surface area contributed by atoms with Crippen LogP contribution >= 0.6 is 0 Å². The zero-order valence-electron chi connectivity index (χ0n) is 5.44. The third-order valence-electron chi connectivity index (χ3n) is 1.31. The highest BCUT2D eigenvalue weighted by Gasteiger charge is 1.97. The molecule has 0 bridgehead atoms. The van der Waals surface area contributed by atoms with E-state index >= 15 is 0 Å². The van der Waals surface area contributed by atoms with Crippen LogP contribution in [-0.4, -0.2) is 19.5 Å². The van der Waals surface area contributed by atoms with Crippen LogP contribution in [0.2, 0.25) is 0 Å². The Hall–Kier alpha value is -1.45. The van der Waals surface area contributed by atoms with Crippen molar-refractivity contribution < 1.29 is 0 Å². The average molecular weight is 133 g/mol. The Labute approximate surface area is 57.6 Å². The zero-order valence-corrected chi connectivity index (χ0v) is 5.44. The summed E-state index contributed by atoms with van der Waals surface area (Å²) < 4.78 is 1.83. The van der Waals surface area contributed by atoms with Crippen LogP contribution in [0.4, 0.5) is 0 Å². The lowest BCUT2D eigenvalue weighted by Gasteiger charge is -1.87. The zero-order chi connectivity index (χ0) is 6.97. The molecule has 0 fully saturated rings. The predicted molar refractivity (Wildman–Crippen MR) is 35.1 cm³/mol. The molecule has 2 aromatic heterocycles. The topological polar surface area (TPSA) is 43.6 Å². The summed E-state index contributed by atoms with van der Waals surface area (Å²) in [4.78, 5) is 11.7. The van der Waals surface area contributed by atoms with E-state index in [1.165, 1.54) is 6.33 Å². The Morgan fingerprint density at radius 3 is 3.20 bits per heavy atom. The van der Waals surface area contributed by atoms with Crippen molar-refractivity contribution in [1.82, 2.24) is 19.5 Å². The SMILES string of the molecule is Cn1cnc2[c]ncnc21. The molecule has 0 saturated carbocycles. The fraction of sp³-hybridized carbons (Fsp3) is 0.167. The van der Waals surface area contributed by atoms with Crippen molar-refractivity contribution in [2.75, 3.05) is 0 Å². The van der Waals surface area contributed by atoms with Crippen LogP contribution in [0.25, 0.3) is 11.2 Å². The highest BCUT2D eigenvalue weighted by atomic mass is 15.1. The summed E-state index contributed by atoms with van der Waals surface area (Å²) in [5.41, 5.74) is 1.53. The van der Waals surface area contributed by atoms with E-state index in [1.807, 2.05) is 11.6 Å². The lowest BCUT2D eigenvalue weighted by Crippen LogP contribution is -1.87. The van der Waals surface area contributed by atoms with E-state index < -0.39 is 0 Å². The molecule has 4 nitrogen and oxygen atoms in total. The first-order valence-corrected chi connectivity index (χ1v) is 2.87. The van der Waals surface area contributed by atoms with Gasteiger partial charge in [-0.15, -0.1) is 0 Å². The Morgan fingerprint density at radius 2 is 2.40 bits per heavy atom. The molecule has 0 atom stereocenters. The maximum Gasteiger partial charge on any atom is 0.163 e. The van der Waals surface area contributed by atoms with Crippen LogP contribution < -0.4 is 0 Å². The summed E-state index contributed by atoms with van der Waals surface area (Å²) >= 11 is 0. The fourth-order valence-corrected chi connectivity index (χ4v) is 0.828. The second-order valence-electron chi connectivity index (χ2n) is 2.01. The third kappa shape index (κ3) is 0.586. The molecule has 0 aliphatic heterocycles. The van der Waals surface area contributed by atoms with Gasteiger partial charge < -0.3 is 4.57 Å². The summed E-state index contributed by atoms with van der Waals surface area (Å²) in [5, 5.41) is 0. The molecule has 0 amide bonds. The van der Waals surface area contributed by atoms with E-state index in [0.29, 0.717) is 5.52 Å². The van der Waals surface area contributed by atoms with E-state index in [2.05, 4.69) is 21.1 Å². The van der Waals surface area contributed by atoms with E-state index in [-0.39, 0.29) is 0 Å². The molecule has 0 aliphatic carbocycles. The van der Waals surface area contributed by atoms with E-state index in [0.717, 1.165) is 5.65 Å². The second-order valence-corrected chi connectivity index (χ2v) is 2.01. The Bertz CT molecular complexity index is 351. The molecule has 2 aromatic rings. The van der Waals surface area contributed by atoms with Gasteiger partial charge in [0.05, 0.1) is 6.33 Å². The van der Waals surface area contributed by atoms with Gasteiger partial charge in [-0.2, -0.15) is 0 Å². The maximum atomic E-state index is 4.00. The average Bonchev–Trinajstić information content (AvgIpc) is 2.34. The van der Waals surface area contributed by atoms with Crippen LogP contribution in [0.1, 0.15) is 0 Å². The van der Waals surface area contributed by atoms with Crippen LogP contribution in [0.5, 0.6) is 0 Å². The number of imidazole rings is 1. The molecule has 10 heavy (non-hydrogen) atoms. The first-order valence-electron chi connectivity index (χ1n) is 2.87. The highest BCUT2D eigenvalue weighted by molar-refractivity contribution is 5.67. The normalized spacial score (nSPS) is 10.5. The minimum absolute atomic E-state index is 0.713. The summed E-state index contributed by atoms with van der Waals surface area (Å²) in [6.45, 7) is 0. The molecule has 0 N–H and O–H groups in total. The molecule has 2 heterocycles. The van der Waals surface area contributed by atoms with Crippen LogP contribution in [0.15, 0.2) is 12.7 Å². The number of hydrogen-bond acceptors (Lipinski definition) is 3. The van der Waals surface area contributed by atoms with Gasteiger partial charge in [-0.3, -0.25) is 0 Å². The summed E-state index contributed by atoms with van der Waals surface area (Å²) in [7, 11) is 1.89. The van der Waals surface area contributed by atoms with Gasteiger partial charge in [-0.25, -0.2) is 15.0 Å². The molecule has 0 aliphatic rings. The van der Waals surface area contributed by atoms with Gasteiger partial charge in [-0.1, -0.05) is 0 Å². The van der Waals surface area contributed by atoms with Crippen molar-refractivity contribution in [3.8, 4) is 0 Å². The number of rotatable bonds is 0. The van der Waals surface area contributed by atoms with Gasteiger partial charge in [0.15, 0.2) is 5.65 Å². The van der Waals surface area contributed by atoms with Crippen LogP contribution in [0, 0.1) is 6.20 Å². The van der Waals surface area contributed by atoms with Crippen LogP contribution in [0.3, 0.4) is 0 Å². The standard InChI is InChI=1S/C6H5N4/c1-10-4-9-5-2-7-3-8-6(5)10/h3-4H,1H3. The van der Waals surface area contributed by atoms with E-state index in [9.17, 15) is 0 Å². The van der Waals surface area contributed by atoms with E-state index in [4.69, 9.17) is 0 Å². The highest BCUT2D eigenvalue weighted by Crippen LogP contribution is 2.02. The minimum atomic E-state index is 0.713. The molecule has 0 unspecified atom stereocenters. The number of fused-ring (bicyclic) bond motifs is 1. The number of nitrogens with zero attached hydrogens (tertiary/aromatic N) is 4. The van der Waals surface area contributed by atoms with Gasteiger partial charge in [-0.05, 0) is 0 Å². The molecular formula is C6H5N4. The van der Waals surface area contributed by atoms with Gasteiger partial charge in [0, 0.05) is 7.05 Å². The van der Waals surface area contributed by atoms with Crippen molar-refractivity contribution >= 4 is 11.2 Å². The Morgan fingerprint density at radius 1 is 1.50 bits per heavy atom. The maximum absolute atomic E-state index is 4.00. The molecule has 1 radical (unpaired) electrons. The number of aryl methyl sites for hydroxylation is 1. The molecule has 2 rings (SSSR count). The first kappa shape index (κ1) is 5.34. The van der Waals surface area contributed by atoms with Crippen molar-refractivity contribution in [2.24, 2.45) is 7.05 Å². The van der Waals surface area contributed by atoms with Crippen molar-refractivity contribution in [3.63, 3.8) is 0 Å². The Balaban J connectivity index is 2.93. The Kier molecular flexibility index (Phi) is 0.943. The molecule has 4 heteroatoms. The molecule has 49 valence electrons. The lowest BCUT2D eigenvalue weighted by atomic mass is 10.6. The first-order chi connectivity index (χ1) is 4.88. The quantitative estimate of drug-likeness (QED) is 0.514. The lowest BCUT2D eigenvalue weighted by molar-refractivity contribution is 0.928. The van der Waals surface area contributed by atoms with Crippen molar-refractivity contribution in [1.29, 1.82) is 0 Å². The smallest absolute Gasteiger partial charge is 0.163 e. The third-order valence-corrected chi connectivity index (χ3v) is 1.31. The van der Waals surface area contributed by atoms with Crippen molar-refractivity contribution in [2.45, 2.75) is 0 Å². The van der Waals surface area contributed by atoms with Crippen LogP contribution in [-0.2, 0) is 7.05 Å². The second kappa shape index (κ2) is 1.76. The largest absolute Gasteiger partial charge is 0.318 e. The molecule has 0 saturated heterocycles. The summed E-state index contributed by atoms with van der Waals surface area (Å²) in [5.74, 6) is 0. The summed E-state index contributed by atoms with van der Waals surface area (Å²) in [6.07, 6.45) is 5.88. The van der Waals surface area contributed by atoms with Gasteiger partial charge in [0.25, 0.3) is 0 Å². The number of aromatic nitrogens is 4. The van der Waals surface area contributed by atoms with E-state index in [1.54, 1.807) is 6.33 Å². The monoisotopic (exact) mass is 133 g/mol. The van der Waals surface area contributed by atoms with Gasteiger partial charge in [0.1, 0.15) is 18.0 Å². The fourth-order valence-electron chi connectivity index (χ4n) is 0.828. The minimum Gasteiger partial charge on any atom is -0.318 e. The molecular weight excluding hydrogens is 128 g/mol. The summed E-state index contributed by atoms with van der Waals surface area (Å²) in [6, 6.07) is 0.